The third kappa shape index (κ3) is 5.51. The van der Waals surface area contributed by atoms with Gasteiger partial charge in [-0.25, -0.2) is 0 Å². The Morgan fingerprint density at radius 1 is 1.31 bits per heavy atom. The van der Waals surface area contributed by atoms with Crippen molar-refractivity contribution in [1.29, 1.82) is 5.26 Å². The molecule has 6 nitrogen and oxygen atoms in total. The van der Waals surface area contributed by atoms with Crippen LogP contribution in [0, 0.1) is 11.3 Å². The second kappa shape index (κ2) is 10.9. The van der Waals surface area contributed by atoms with Crippen molar-refractivity contribution in [2.24, 2.45) is 0 Å². The molecule has 0 fully saturated rings. The summed E-state index contributed by atoms with van der Waals surface area (Å²) in [5, 5.41) is 13.5. The fourth-order valence-electron chi connectivity index (χ4n) is 3.26. The van der Waals surface area contributed by atoms with E-state index in [2.05, 4.69) is 26.2 Å². The van der Waals surface area contributed by atoms with Crippen molar-refractivity contribution < 1.29 is 14.3 Å². The van der Waals surface area contributed by atoms with E-state index in [0.29, 0.717) is 34.5 Å². The first-order chi connectivity index (χ1) is 15.5. The fraction of sp³-hybridized carbons (Fsp3) is 0.280. The van der Waals surface area contributed by atoms with Gasteiger partial charge in [0.1, 0.15) is 11.6 Å². The van der Waals surface area contributed by atoms with Gasteiger partial charge in [0.05, 0.1) is 13.2 Å². The first kappa shape index (κ1) is 23.4. The summed E-state index contributed by atoms with van der Waals surface area (Å²) in [5.74, 6) is 0.725. The minimum atomic E-state index is -0.418. The van der Waals surface area contributed by atoms with Gasteiger partial charge < -0.3 is 19.8 Å². The number of nitrogens with zero attached hydrogens (tertiary/aromatic N) is 1. The molecule has 0 bridgehead atoms. The van der Waals surface area contributed by atoms with E-state index in [9.17, 15) is 10.1 Å². The van der Waals surface area contributed by atoms with E-state index < -0.39 is 5.91 Å². The number of para-hydroxylation sites is 1. The van der Waals surface area contributed by atoms with Crippen LogP contribution >= 0.6 is 15.9 Å². The molecule has 2 N–H and O–H groups in total. The molecule has 0 aliphatic rings. The predicted octanol–water partition coefficient (Wildman–Crippen LogP) is 5.38. The van der Waals surface area contributed by atoms with Crippen LogP contribution in [0.25, 0.3) is 17.0 Å². The first-order valence-electron chi connectivity index (χ1n) is 10.5. The van der Waals surface area contributed by atoms with Gasteiger partial charge in [0, 0.05) is 28.1 Å². The zero-order valence-corrected chi connectivity index (χ0v) is 20.0. The third-order valence-corrected chi connectivity index (χ3v) is 5.89. The number of aromatic amines is 1. The molecule has 7 heteroatoms. The van der Waals surface area contributed by atoms with Crippen molar-refractivity contribution in [1.82, 2.24) is 10.3 Å². The standard InChI is InChI=1S/C25H26BrN3O3/c1-4-16(2)32-24-13-21(26)18(12-23(24)31-3)11-19(14-27)25(30)28-10-9-17-15-29-22-8-6-5-7-20(17)22/h5-8,11-13,15-16,29H,4,9-10H2,1-3H3,(H,28,30)/b19-11-/t16-/m1/s1. The van der Waals surface area contributed by atoms with Gasteiger partial charge >= 0.3 is 0 Å². The molecule has 0 spiro atoms. The van der Waals surface area contributed by atoms with Gasteiger partial charge in [-0.05, 0) is 55.2 Å². The third-order valence-electron chi connectivity index (χ3n) is 5.21. The highest BCUT2D eigenvalue weighted by atomic mass is 79.9. The lowest BCUT2D eigenvalue weighted by molar-refractivity contribution is -0.117. The zero-order valence-electron chi connectivity index (χ0n) is 18.4. The molecule has 0 aliphatic heterocycles. The molecular formula is C25H26BrN3O3. The molecular weight excluding hydrogens is 470 g/mol. The number of fused-ring (bicyclic) bond motifs is 1. The number of aromatic nitrogens is 1. The number of carbonyl (C=O) groups excluding carboxylic acids is 1. The number of benzene rings is 2. The van der Waals surface area contributed by atoms with Gasteiger partial charge in [0.2, 0.25) is 0 Å². The summed E-state index contributed by atoms with van der Waals surface area (Å²) in [6.07, 6.45) is 5.05. The molecule has 0 saturated carbocycles. The molecule has 1 aromatic heterocycles. The second-order valence-corrected chi connectivity index (χ2v) is 8.25. The SMILES string of the molecule is CC[C@@H](C)Oc1cc(Br)c(/C=C(/C#N)C(=O)NCCc2c[nH]c3ccccc23)cc1OC. The Labute approximate surface area is 196 Å². The minimum absolute atomic E-state index is 0.0160. The van der Waals surface area contributed by atoms with Crippen LogP contribution in [0.4, 0.5) is 0 Å². The van der Waals surface area contributed by atoms with Crippen LogP contribution in [-0.4, -0.2) is 30.6 Å². The number of nitriles is 1. The molecule has 32 heavy (non-hydrogen) atoms. The van der Waals surface area contributed by atoms with Gasteiger partial charge in [0.25, 0.3) is 5.91 Å². The van der Waals surface area contributed by atoms with E-state index in [1.54, 1.807) is 25.3 Å². The predicted molar refractivity (Wildman–Crippen MR) is 130 cm³/mol. The Balaban J connectivity index is 1.72. The fourth-order valence-corrected chi connectivity index (χ4v) is 3.70. The van der Waals surface area contributed by atoms with Crippen molar-refractivity contribution in [3.63, 3.8) is 0 Å². The van der Waals surface area contributed by atoms with Gasteiger partial charge in [-0.2, -0.15) is 5.26 Å². The second-order valence-electron chi connectivity index (χ2n) is 7.40. The van der Waals surface area contributed by atoms with Gasteiger partial charge in [0.15, 0.2) is 11.5 Å². The van der Waals surface area contributed by atoms with Gasteiger partial charge in [-0.3, -0.25) is 4.79 Å². The number of halogens is 1. The first-order valence-corrected chi connectivity index (χ1v) is 11.2. The van der Waals surface area contributed by atoms with Gasteiger partial charge in [-0.1, -0.05) is 41.1 Å². The van der Waals surface area contributed by atoms with Crippen molar-refractivity contribution in [3.8, 4) is 17.6 Å². The van der Waals surface area contributed by atoms with Gasteiger partial charge in [-0.15, -0.1) is 0 Å². The summed E-state index contributed by atoms with van der Waals surface area (Å²) in [5.41, 5.74) is 2.85. The highest BCUT2D eigenvalue weighted by Gasteiger charge is 2.15. The van der Waals surface area contributed by atoms with E-state index in [-0.39, 0.29) is 11.7 Å². The highest BCUT2D eigenvalue weighted by molar-refractivity contribution is 9.10. The minimum Gasteiger partial charge on any atom is -0.493 e. The highest BCUT2D eigenvalue weighted by Crippen LogP contribution is 2.35. The monoisotopic (exact) mass is 495 g/mol. The van der Waals surface area contributed by atoms with Crippen LogP contribution in [0.2, 0.25) is 0 Å². The summed E-state index contributed by atoms with van der Waals surface area (Å²) in [6, 6.07) is 13.6. The van der Waals surface area contributed by atoms with Crippen molar-refractivity contribution in [3.05, 3.63) is 63.8 Å². The summed E-state index contributed by atoms with van der Waals surface area (Å²) in [7, 11) is 1.56. The number of nitrogens with one attached hydrogen (secondary N) is 2. The maximum atomic E-state index is 12.6. The quantitative estimate of drug-likeness (QED) is 0.308. The van der Waals surface area contributed by atoms with E-state index in [0.717, 1.165) is 22.9 Å². The van der Waals surface area contributed by atoms with E-state index in [4.69, 9.17) is 9.47 Å². The van der Waals surface area contributed by atoms with Crippen LogP contribution in [0.5, 0.6) is 11.5 Å². The Morgan fingerprint density at radius 3 is 2.81 bits per heavy atom. The van der Waals surface area contributed by atoms with Crippen LogP contribution in [-0.2, 0) is 11.2 Å². The van der Waals surface area contributed by atoms with Crippen molar-refractivity contribution >= 4 is 38.8 Å². The number of amides is 1. The molecule has 3 rings (SSSR count). The Hall–Kier alpha value is -3.24. The molecule has 166 valence electrons. The molecule has 0 radical (unpaired) electrons. The maximum absolute atomic E-state index is 12.6. The smallest absolute Gasteiger partial charge is 0.261 e. The Kier molecular flexibility index (Phi) is 7.96. The van der Waals surface area contributed by atoms with E-state index in [1.165, 1.54) is 0 Å². The summed E-state index contributed by atoms with van der Waals surface area (Å²) in [6.45, 7) is 4.45. The normalized spacial score (nSPS) is 12.3. The molecule has 0 saturated heterocycles. The number of hydrogen-bond acceptors (Lipinski definition) is 4. The number of methoxy groups -OCH3 is 1. The summed E-state index contributed by atoms with van der Waals surface area (Å²) in [4.78, 5) is 15.8. The lowest BCUT2D eigenvalue weighted by atomic mass is 10.1. The average Bonchev–Trinajstić information content (AvgIpc) is 3.21. The maximum Gasteiger partial charge on any atom is 0.261 e. The molecule has 2 aromatic carbocycles. The number of ether oxygens (including phenoxy) is 2. The van der Waals surface area contributed by atoms with Crippen LogP contribution in [0.1, 0.15) is 31.4 Å². The van der Waals surface area contributed by atoms with Crippen molar-refractivity contribution in [2.45, 2.75) is 32.8 Å². The Morgan fingerprint density at radius 2 is 2.09 bits per heavy atom. The lowest BCUT2D eigenvalue weighted by Crippen LogP contribution is -2.26. The molecule has 1 atom stereocenters. The number of hydrogen-bond donors (Lipinski definition) is 2. The molecule has 3 aromatic rings. The number of rotatable bonds is 9. The van der Waals surface area contributed by atoms with Crippen LogP contribution < -0.4 is 14.8 Å². The largest absolute Gasteiger partial charge is 0.493 e. The molecule has 0 unspecified atom stereocenters. The van der Waals surface area contributed by atoms with E-state index in [1.807, 2.05) is 50.4 Å². The number of carbonyl (C=O) groups is 1. The molecule has 1 amide bonds. The summed E-state index contributed by atoms with van der Waals surface area (Å²) < 4.78 is 12.0. The molecule has 1 heterocycles. The molecule has 0 aliphatic carbocycles. The topological polar surface area (TPSA) is 87.1 Å². The van der Waals surface area contributed by atoms with Crippen molar-refractivity contribution in [2.75, 3.05) is 13.7 Å². The van der Waals surface area contributed by atoms with Crippen LogP contribution in [0.3, 0.4) is 0 Å². The van der Waals surface area contributed by atoms with E-state index >= 15 is 0 Å². The zero-order chi connectivity index (χ0) is 23.1. The lowest BCUT2D eigenvalue weighted by Gasteiger charge is -2.17. The average molecular weight is 496 g/mol. The van der Waals surface area contributed by atoms with Crippen LogP contribution in [0.15, 0.2) is 52.6 Å². The number of H-pyrrole nitrogens is 1. The summed E-state index contributed by atoms with van der Waals surface area (Å²) >= 11 is 3.51. The Bertz CT molecular complexity index is 1180.